The molecule has 0 saturated heterocycles. The van der Waals surface area contributed by atoms with Gasteiger partial charge in [-0.1, -0.05) is 25.1 Å². The molecule has 0 aliphatic carbocycles. The van der Waals surface area contributed by atoms with Crippen molar-refractivity contribution in [1.29, 1.82) is 0 Å². The fourth-order valence-corrected chi connectivity index (χ4v) is 2.73. The zero-order valence-corrected chi connectivity index (χ0v) is 16.3. The number of rotatable bonds is 9. The van der Waals surface area contributed by atoms with Gasteiger partial charge >= 0.3 is 5.92 Å². The van der Waals surface area contributed by atoms with Crippen molar-refractivity contribution in [2.24, 2.45) is 0 Å². The summed E-state index contributed by atoms with van der Waals surface area (Å²) in [5.41, 5.74) is 1.15. The molecule has 0 unspecified atom stereocenters. The molecule has 29 heavy (non-hydrogen) atoms. The molecule has 1 aromatic carbocycles. The van der Waals surface area contributed by atoms with Crippen LogP contribution in [-0.4, -0.2) is 30.3 Å². The van der Waals surface area contributed by atoms with Gasteiger partial charge in [0.05, 0.1) is 13.3 Å². The first kappa shape index (κ1) is 20.7. The van der Waals surface area contributed by atoms with Gasteiger partial charge in [0.15, 0.2) is 0 Å². The number of nitrogens with zero attached hydrogens (tertiary/aromatic N) is 2. The minimum Gasteiger partial charge on any atom is -0.496 e. The highest BCUT2D eigenvalue weighted by molar-refractivity contribution is 5.74. The summed E-state index contributed by atoms with van der Waals surface area (Å²) in [7, 11) is 1.59. The minimum absolute atomic E-state index is 0.280. The number of halogens is 2. The molecule has 7 heteroatoms. The summed E-state index contributed by atoms with van der Waals surface area (Å²) in [6, 6.07) is 13.8. The van der Waals surface area contributed by atoms with Gasteiger partial charge in [-0.2, -0.15) is 8.78 Å². The van der Waals surface area contributed by atoms with Crippen LogP contribution < -0.4 is 9.47 Å². The van der Waals surface area contributed by atoms with E-state index < -0.39 is 12.5 Å². The van der Waals surface area contributed by atoms with Gasteiger partial charge in [0.25, 0.3) is 0 Å². The van der Waals surface area contributed by atoms with Crippen molar-refractivity contribution >= 4 is 0 Å². The lowest BCUT2D eigenvalue weighted by atomic mass is 10.1. The van der Waals surface area contributed by atoms with Crippen molar-refractivity contribution in [2.45, 2.75) is 19.3 Å². The van der Waals surface area contributed by atoms with Crippen LogP contribution >= 0.6 is 0 Å². The van der Waals surface area contributed by atoms with Crippen LogP contribution in [0.2, 0.25) is 0 Å². The van der Waals surface area contributed by atoms with Crippen molar-refractivity contribution < 1.29 is 23.0 Å². The number of hydrogen-bond donors (Lipinski definition) is 0. The maximum atomic E-state index is 14.2. The molecule has 0 saturated carbocycles. The van der Waals surface area contributed by atoms with E-state index in [1.807, 2.05) is 37.3 Å². The molecule has 2 heterocycles. The molecule has 0 amide bonds. The van der Waals surface area contributed by atoms with Gasteiger partial charge < -0.3 is 14.2 Å². The zero-order chi connectivity index (χ0) is 20.7. The average molecular weight is 400 g/mol. The Bertz CT molecular complexity index is 933. The fourth-order valence-electron chi connectivity index (χ4n) is 2.73. The Labute approximate surface area is 168 Å². The lowest BCUT2D eigenvalue weighted by Gasteiger charge is -2.16. The first-order valence-electron chi connectivity index (χ1n) is 9.23. The van der Waals surface area contributed by atoms with Crippen LogP contribution in [0, 0.1) is 0 Å². The van der Waals surface area contributed by atoms with Crippen molar-refractivity contribution in [2.75, 3.05) is 20.3 Å². The van der Waals surface area contributed by atoms with Gasteiger partial charge in [0.1, 0.15) is 23.8 Å². The van der Waals surface area contributed by atoms with Gasteiger partial charge in [0, 0.05) is 23.9 Å². The van der Waals surface area contributed by atoms with E-state index in [2.05, 4.69) is 9.97 Å². The van der Waals surface area contributed by atoms with E-state index in [0.717, 1.165) is 5.56 Å². The van der Waals surface area contributed by atoms with Gasteiger partial charge in [-0.3, -0.25) is 4.98 Å². The molecular formula is C22H22F2N2O3. The van der Waals surface area contributed by atoms with E-state index in [1.54, 1.807) is 19.4 Å². The number of pyridine rings is 2. The largest absolute Gasteiger partial charge is 0.496 e. The van der Waals surface area contributed by atoms with Gasteiger partial charge in [0.2, 0.25) is 5.88 Å². The molecule has 5 nitrogen and oxygen atoms in total. The summed E-state index contributed by atoms with van der Waals surface area (Å²) in [6.45, 7) is 1.44. The highest BCUT2D eigenvalue weighted by Crippen LogP contribution is 2.37. The van der Waals surface area contributed by atoms with E-state index in [9.17, 15) is 8.78 Å². The van der Waals surface area contributed by atoms with Crippen LogP contribution in [0.25, 0.3) is 11.1 Å². The molecule has 152 valence electrons. The number of para-hydroxylation sites is 1. The number of methoxy groups -OCH3 is 1. The van der Waals surface area contributed by atoms with Gasteiger partial charge in [-0.05, 0) is 36.8 Å². The summed E-state index contributed by atoms with van der Waals surface area (Å²) in [5, 5.41) is 0. The van der Waals surface area contributed by atoms with Crippen LogP contribution in [0.15, 0.2) is 60.9 Å². The Hall–Kier alpha value is -3.06. The maximum Gasteiger partial charge on any atom is 0.312 e. The van der Waals surface area contributed by atoms with E-state index in [1.165, 1.54) is 18.3 Å². The van der Waals surface area contributed by atoms with Crippen LogP contribution in [0.3, 0.4) is 0 Å². The van der Waals surface area contributed by atoms with E-state index in [0.29, 0.717) is 29.4 Å². The summed E-state index contributed by atoms with van der Waals surface area (Å²) in [4.78, 5) is 8.13. The van der Waals surface area contributed by atoms with Crippen molar-refractivity contribution in [3.8, 4) is 28.5 Å². The Morgan fingerprint density at radius 3 is 2.48 bits per heavy atom. The normalized spacial score (nSPS) is 11.3. The molecule has 0 atom stereocenters. The summed E-state index contributed by atoms with van der Waals surface area (Å²) >= 11 is 0. The first-order valence-corrected chi connectivity index (χ1v) is 9.23. The molecule has 0 radical (unpaired) electrons. The van der Waals surface area contributed by atoms with Gasteiger partial charge in [-0.25, -0.2) is 4.98 Å². The minimum atomic E-state index is -3.17. The zero-order valence-electron chi connectivity index (χ0n) is 16.3. The van der Waals surface area contributed by atoms with Crippen LogP contribution in [0.1, 0.15) is 19.0 Å². The van der Waals surface area contributed by atoms with Gasteiger partial charge in [-0.15, -0.1) is 0 Å². The van der Waals surface area contributed by atoms with E-state index in [4.69, 9.17) is 14.2 Å². The summed E-state index contributed by atoms with van der Waals surface area (Å²) < 4.78 is 44.5. The molecule has 0 aliphatic rings. The quantitative estimate of drug-likeness (QED) is 0.446. The standard InChI is InChI=1S/C22H22F2N2O3/c1-3-13-28-15-22(23,24)20-11-10-16(14-26-20)29-21-18(8-6-12-25-21)17-7-4-5-9-19(17)27-2/h4-12,14H,3,13,15H2,1-2H3. The molecule has 0 bridgehead atoms. The van der Waals surface area contributed by atoms with E-state index in [-0.39, 0.29) is 12.3 Å². The predicted octanol–water partition coefficient (Wildman–Crippen LogP) is 5.46. The summed E-state index contributed by atoms with van der Waals surface area (Å²) in [5.74, 6) is -1.87. The van der Waals surface area contributed by atoms with Crippen molar-refractivity contribution in [3.63, 3.8) is 0 Å². The molecule has 0 fully saturated rings. The predicted molar refractivity (Wildman–Crippen MR) is 106 cm³/mol. The number of benzene rings is 1. The second-order valence-electron chi connectivity index (χ2n) is 6.29. The van der Waals surface area contributed by atoms with Crippen molar-refractivity contribution in [3.05, 3.63) is 66.6 Å². The van der Waals surface area contributed by atoms with Crippen LogP contribution in [0.5, 0.6) is 17.4 Å². The lowest BCUT2D eigenvalue weighted by Crippen LogP contribution is -2.22. The SMILES string of the molecule is CCCOCC(F)(F)c1ccc(Oc2ncccc2-c2ccccc2OC)cn1. The second kappa shape index (κ2) is 9.43. The van der Waals surface area contributed by atoms with E-state index >= 15 is 0 Å². The average Bonchev–Trinajstić information content (AvgIpc) is 2.75. The Kier molecular flexibility index (Phi) is 6.72. The fraction of sp³-hybridized carbons (Fsp3) is 0.273. The number of alkyl halides is 2. The van der Waals surface area contributed by atoms with Crippen LogP contribution in [0.4, 0.5) is 8.78 Å². The molecule has 0 spiro atoms. The number of aromatic nitrogens is 2. The Balaban J connectivity index is 1.81. The summed E-state index contributed by atoms with van der Waals surface area (Å²) in [6.07, 6.45) is 3.52. The molecule has 3 aromatic rings. The highest BCUT2D eigenvalue weighted by Gasteiger charge is 2.33. The molecule has 0 aliphatic heterocycles. The first-order chi connectivity index (χ1) is 14.0. The van der Waals surface area contributed by atoms with Crippen molar-refractivity contribution in [1.82, 2.24) is 9.97 Å². The molecule has 2 aromatic heterocycles. The number of hydrogen-bond acceptors (Lipinski definition) is 5. The third-order valence-electron chi connectivity index (χ3n) is 4.13. The Morgan fingerprint density at radius 2 is 1.76 bits per heavy atom. The third kappa shape index (κ3) is 5.06. The Morgan fingerprint density at radius 1 is 0.966 bits per heavy atom. The topological polar surface area (TPSA) is 53.5 Å². The highest BCUT2D eigenvalue weighted by atomic mass is 19.3. The van der Waals surface area contributed by atoms with Crippen LogP contribution in [-0.2, 0) is 10.7 Å². The second-order valence-corrected chi connectivity index (χ2v) is 6.29. The molecule has 0 N–H and O–H groups in total. The molecular weight excluding hydrogens is 378 g/mol. The smallest absolute Gasteiger partial charge is 0.312 e. The maximum absolute atomic E-state index is 14.2. The molecule has 3 rings (SSSR count). The number of ether oxygens (including phenoxy) is 3. The lowest BCUT2D eigenvalue weighted by molar-refractivity contribution is -0.0854. The monoisotopic (exact) mass is 400 g/mol. The third-order valence-corrected chi connectivity index (χ3v) is 4.13.